The maximum absolute atomic E-state index is 9.59. The number of rotatable bonds is 7. The van der Waals surface area contributed by atoms with Crippen LogP contribution >= 0.6 is 0 Å². The van der Waals surface area contributed by atoms with Crippen LogP contribution in [0.25, 0.3) is 71.6 Å². The lowest BCUT2D eigenvalue weighted by molar-refractivity contribution is 1.17. The average Bonchev–Trinajstić information content (AvgIpc) is 3.67. The minimum Gasteiger partial charge on any atom is -0.310 e. The fraction of sp³-hybridized carbons (Fsp3) is 0. The highest BCUT2D eigenvalue weighted by Gasteiger charge is 2.20. The fourth-order valence-electron chi connectivity index (χ4n) is 7.46. The standard InChI is InChI=1S/C52H36N2/c1-4-14-37(15-5-1)39-26-31-43(32-27-39)53(44-33-28-40(29-34-44)38-16-6-2-7-17-38)45-21-12-22-46(36-45)54-49-25-13-24-48(41-18-8-3-9-19-41)51(49)52-47-23-11-10-20-42(47)30-35-50(52)54/h1-36H/i10D,11D,13D,20D,24D,25D,30D,35D. The van der Waals surface area contributed by atoms with Gasteiger partial charge in [-0.3, -0.25) is 0 Å². The monoisotopic (exact) mass is 696 g/mol. The molecule has 0 aliphatic rings. The molecule has 0 saturated heterocycles. The Morgan fingerprint density at radius 1 is 0.389 bits per heavy atom. The van der Waals surface area contributed by atoms with Crippen molar-refractivity contribution in [1.82, 2.24) is 4.57 Å². The number of hydrogen-bond donors (Lipinski definition) is 0. The Morgan fingerprint density at radius 2 is 0.963 bits per heavy atom. The van der Waals surface area contributed by atoms with Crippen molar-refractivity contribution in [3.8, 4) is 39.1 Å². The molecule has 10 aromatic rings. The number of fused-ring (bicyclic) bond motifs is 5. The zero-order chi connectivity index (χ0) is 42.8. The van der Waals surface area contributed by atoms with Crippen molar-refractivity contribution >= 4 is 49.6 Å². The Balaban J connectivity index is 1.27. The number of nitrogens with zero attached hydrogens (tertiary/aromatic N) is 2. The summed E-state index contributed by atoms with van der Waals surface area (Å²) in [6.45, 7) is 0. The van der Waals surface area contributed by atoms with Crippen molar-refractivity contribution in [3.63, 3.8) is 0 Å². The molecule has 0 aliphatic carbocycles. The second-order valence-electron chi connectivity index (χ2n) is 13.2. The molecule has 1 heterocycles. The summed E-state index contributed by atoms with van der Waals surface area (Å²) in [7, 11) is 0. The molecule has 10 rings (SSSR count). The maximum Gasteiger partial charge on any atom is 0.0645 e. The predicted octanol–water partition coefficient (Wildman–Crippen LogP) is 14.4. The zero-order valence-corrected chi connectivity index (χ0v) is 29.1. The fourth-order valence-corrected chi connectivity index (χ4v) is 7.46. The van der Waals surface area contributed by atoms with Crippen molar-refractivity contribution in [2.45, 2.75) is 0 Å². The van der Waals surface area contributed by atoms with Gasteiger partial charge in [-0.2, -0.15) is 0 Å². The van der Waals surface area contributed by atoms with Crippen LogP contribution in [0.3, 0.4) is 0 Å². The summed E-state index contributed by atoms with van der Waals surface area (Å²) in [5, 5.41) is 1.14. The van der Waals surface area contributed by atoms with Crippen molar-refractivity contribution in [1.29, 1.82) is 0 Å². The molecule has 0 fully saturated rings. The summed E-state index contributed by atoms with van der Waals surface area (Å²) in [4.78, 5) is 2.14. The lowest BCUT2D eigenvalue weighted by atomic mass is 9.97. The van der Waals surface area contributed by atoms with E-state index in [2.05, 4.69) is 77.7 Å². The van der Waals surface area contributed by atoms with Crippen molar-refractivity contribution in [3.05, 3.63) is 218 Å². The molecule has 0 bridgehead atoms. The van der Waals surface area contributed by atoms with Crippen LogP contribution in [-0.4, -0.2) is 4.57 Å². The van der Waals surface area contributed by atoms with Gasteiger partial charge in [-0.05, 0) is 98.7 Å². The van der Waals surface area contributed by atoms with Crippen LogP contribution in [0.15, 0.2) is 218 Å². The molecule has 0 unspecified atom stereocenters. The van der Waals surface area contributed by atoms with Gasteiger partial charge >= 0.3 is 0 Å². The van der Waals surface area contributed by atoms with Gasteiger partial charge in [0, 0.05) is 33.5 Å². The van der Waals surface area contributed by atoms with E-state index in [9.17, 15) is 5.48 Å². The van der Waals surface area contributed by atoms with Crippen LogP contribution in [0, 0.1) is 0 Å². The summed E-state index contributed by atoms with van der Waals surface area (Å²) in [6.07, 6.45) is 0. The molecule has 0 atom stereocenters. The molecule has 0 radical (unpaired) electrons. The molecule has 0 spiro atoms. The second-order valence-corrected chi connectivity index (χ2v) is 13.2. The highest BCUT2D eigenvalue weighted by molar-refractivity contribution is 6.25. The van der Waals surface area contributed by atoms with Gasteiger partial charge in [0.1, 0.15) is 0 Å². The van der Waals surface area contributed by atoms with Crippen LogP contribution in [-0.2, 0) is 0 Å². The Bertz CT molecular complexity index is 3270. The first-order valence-corrected chi connectivity index (χ1v) is 17.9. The summed E-state index contributed by atoms with van der Waals surface area (Å²) in [6, 6.07) is 53.3. The van der Waals surface area contributed by atoms with Gasteiger partial charge in [-0.1, -0.05) is 164 Å². The largest absolute Gasteiger partial charge is 0.310 e. The molecule has 0 saturated carbocycles. The highest BCUT2D eigenvalue weighted by Crippen LogP contribution is 2.43. The van der Waals surface area contributed by atoms with E-state index in [4.69, 9.17) is 5.48 Å². The van der Waals surface area contributed by atoms with E-state index in [1.165, 1.54) is 6.07 Å². The number of anilines is 3. The van der Waals surface area contributed by atoms with Gasteiger partial charge < -0.3 is 9.47 Å². The molecule has 0 aliphatic heterocycles. The van der Waals surface area contributed by atoms with Gasteiger partial charge in [-0.25, -0.2) is 0 Å². The molecule has 1 aromatic heterocycles. The molecule has 2 heteroatoms. The van der Waals surface area contributed by atoms with E-state index in [0.29, 0.717) is 33.0 Å². The first kappa shape index (κ1) is 24.2. The normalized spacial score (nSPS) is 13.4. The summed E-state index contributed by atoms with van der Waals surface area (Å²) < 4.78 is 74.6. The molecule has 0 N–H and O–H groups in total. The maximum atomic E-state index is 9.59. The van der Waals surface area contributed by atoms with E-state index >= 15 is 0 Å². The van der Waals surface area contributed by atoms with Crippen molar-refractivity contribution in [2.75, 3.05) is 4.90 Å². The minimum absolute atomic E-state index is 0.0485. The molecule has 54 heavy (non-hydrogen) atoms. The summed E-state index contributed by atoms with van der Waals surface area (Å²) >= 11 is 0. The minimum atomic E-state index is -0.353. The highest BCUT2D eigenvalue weighted by atomic mass is 15.1. The third kappa shape index (κ3) is 5.53. The van der Waals surface area contributed by atoms with Crippen LogP contribution < -0.4 is 4.90 Å². The van der Waals surface area contributed by atoms with E-state index in [-0.39, 0.29) is 64.8 Å². The van der Waals surface area contributed by atoms with E-state index in [0.717, 1.165) is 39.3 Å². The Labute approximate surface area is 326 Å². The number of benzene rings is 9. The van der Waals surface area contributed by atoms with E-state index < -0.39 is 0 Å². The molecular formula is C52H36N2. The molecule has 254 valence electrons. The topological polar surface area (TPSA) is 8.17 Å². The quantitative estimate of drug-likeness (QED) is 0.161. The van der Waals surface area contributed by atoms with Crippen molar-refractivity contribution < 1.29 is 11.0 Å². The Hall–Kier alpha value is -7.16. The third-order valence-electron chi connectivity index (χ3n) is 9.98. The second kappa shape index (κ2) is 13.4. The lowest BCUT2D eigenvalue weighted by Crippen LogP contribution is -2.10. The summed E-state index contributed by atoms with van der Waals surface area (Å²) in [5.41, 5.74) is 8.88. The predicted molar refractivity (Wildman–Crippen MR) is 229 cm³/mol. The van der Waals surface area contributed by atoms with E-state index in [1.54, 1.807) is 4.57 Å². The number of aromatic nitrogens is 1. The van der Waals surface area contributed by atoms with Gasteiger partial charge in [-0.15, -0.1) is 0 Å². The van der Waals surface area contributed by atoms with Crippen LogP contribution in [0.2, 0.25) is 0 Å². The first-order valence-electron chi connectivity index (χ1n) is 21.9. The zero-order valence-electron chi connectivity index (χ0n) is 37.1. The molecule has 9 aromatic carbocycles. The number of hydrogen-bond acceptors (Lipinski definition) is 1. The molecular weight excluding hydrogens is 653 g/mol. The van der Waals surface area contributed by atoms with Crippen LogP contribution in [0.4, 0.5) is 17.1 Å². The molecule has 0 amide bonds. The van der Waals surface area contributed by atoms with Gasteiger partial charge in [0.15, 0.2) is 0 Å². The third-order valence-corrected chi connectivity index (χ3v) is 9.98. The first-order chi connectivity index (χ1) is 30.1. The van der Waals surface area contributed by atoms with Gasteiger partial charge in [0.2, 0.25) is 0 Å². The van der Waals surface area contributed by atoms with Gasteiger partial charge in [0.25, 0.3) is 0 Å². The smallest absolute Gasteiger partial charge is 0.0645 e. The van der Waals surface area contributed by atoms with Crippen LogP contribution in [0.1, 0.15) is 11.0 Å². The average molecular weight is 697 g/mol. The SMILES string of the molecule is [2H]c1cc2c(c([2H])c1[2H])c([2H])c([2H])c1c2c2c(-c3ccccc3)c([2H])c([2H])c([2H])c2n1-c1cccc(N(c2ccc(-c3ccccc3)cc2)c2ccc(-c3ccccc3)cc2)c1. The summed E-state index contributed by atoms with van der Waals surface area (Å²) in [5.74, 6) is 0. The lowest BCUT2D eigenvalue weighted by Gasteiger charge is -2.26. The van der Waals surface area contributed by atoms with E-state index in [1.807, 2.05) is 91.0 Å². The van der Waals surface area contributed by atoms with Gasteiger partial charge in [0.05, 0.1) is 22.0 Å². The Kier molecular flexibility index (Phi) is 6.01. The molecule has 2 nitrogen and oxygen atoms in total. The van der Waals surface area contributed by atoms with Crippen molar-refractivity contribution in [2.24, 2.45) is 0 Å². The Morgan fingerprint density at radius 3 is 1.59 bits per heavy atom. The van der Waals surface area contributed by atoms with Crippen LogP contribution in [0.5, 0.6) is 0 Å².